The van der Waals surface area contributed by atoms with Crippen LogP contribution < -0.4 is 4.74 Å². The van der Waals surface area contributed by atoms with Gasteiger partial charge in [0.2, 0.25) is 0 Å². The molecule has 0 aliphatic rings. The second kappa shape index (κ2) is 6.12. The van der Waals surface area contributed by atoms with Crippen molar-refractivity contribution in [3.8, 4) is 5.75 Å². The molecule has 0 heterocycles. The summed E-state index contributed by atoms with van der Waals surface area (Å²) < 4.78 is 18.6. The molecule has 0 aromatic heterocycles. The van der Waals surface area contributed by atoms with Crippen LogP contribution in [0.4, 0.5) is 4.39 Å². The number of ether oxygens (including phenoxy) is 1. The van der Waals surface area contributed by atoms with E-state index in [4.69, 9.17) is 27.9 Å². The maximum absolute atomic E-state index is 13.7. The Morgan fingerprint density at radius 2 is 1.68 bits per heavy atom. The lowest BCUT2D eigenvalue weighted by Crippen LogP contribution is -1.95. The van der Waals surface area contributed by atoms with Crippen LogP contribution in [0, 0.1) is 5.82 Å². The predicted octanol–water partition coefficient (Wildman–Crippen LogP) is 5.63. The molecule has 0 N–H and O–H groups in total. The standard InChI is InChI=1S/C14H10BrCl2FO/c1-19-13-5-3-9(7-12(13)18)14(15)8-2-4-10(16)11(17)6-8/h2-7,14H,1H3. The highest BCUT2D eigenvalue weighted by molar-refractivity contribution is 9.09. The largest absolute Gasteiger partial charge is 0.494 e. The van der Waals surface area contributed by atoms with E-state index in [9.17, 15) is 4.39 Å². The molecule has 2 aromatic carbocycles. The molecular weight excluding hydrogens is 354 g/mol. The van der Waals surface area contributed by atoms with Gasteiger partial charge in [0.15, 0.2) is 11.6 Å². The first-order chi connectivity index (χ1) is 9.02. The van der Waals surface area contributed by atoms with Crippen molar-refractivity contribution in [2.24, 2.45) is 0 Å². The van der Waals surface area contributed by atoms with Gasteiger partial charge in [-0.05, 0) is 35.4 Å². The van der Waals surface area contributed by atoms with Crippen LogP contribution in [-0.4, -0.2) is 7.11 Å². The minimum absolute atomic E-state index is 0.164. The maximum Gasteiger partial charge on any atom is 0.165 e. The number of benzene rings is 2. The summed E-state index contributed by atoms with van der Waals surface area (Å²) in [5.74, 6) is -0.179. The average molecular weight is 364 g/mol. The lowest BCUT2D eigenvalue weighted by molar-refractivity contribution is 0.386. The first-order valence-corrected chi connectivity index (χ1v) is 7.12. The predicted molar refractivity (Wildman–Crippen MR) is 80.2 cm³/mol. The third kappa shape index (κ3) is 3.22. The van der Waals surface area contributed by atoms with E-state index in [1.807, 2.05) is 6.07 Å². The van der Waals surface area contributed by atoms with E-state index in [-0.39, 0.29) is 10.6 Å². The summed E-state index contributed by atoms with van der Waals surface area (Å²) in [6.07, 6.45) is 0. The fourth-order valence-corrected chi connectivity index (χ4v) is 2.58. The molecule has 0 saturated carbocycles. The first kappa shape index (κ1) is 14.6. The Labute approximate surface area is 129 Å². The fraction of sp³-hybridized carbons (Fsp3) is 0.143. The topological polar surface area (TPSA) is 9.23 Å². The van der Waals surface area contributed by atoms with Gasteiger partial charge in [0.05, 0.1) is 22.0 Å². The van der Waals surface area contributed by atoms with Crippen LogP contribution in [0.15, 0.2) is 36.4 Å². The number of methoxy groups -OCH3 is 1. The molecule has 0 fully saturated rings. The van der Waals surface area contributed by atoms with Crippen molar-refractivity contribution in [3.05, 3.63) is 63.4 Å². The Bertz CT molecular complexity index is 604. The second-order valence-electron chi connectivity index (χ2n) is 3.93. The molecule has 0 radical (unpaired) electrons. The summed E-state index contributed by atoms with van der Waals surface area (Å²) in [7, 11) is 1.43. The van der Waals surface area contributed by atoms with Crippen molar-refractivity contribution in [1.29, 1.82) is 0 Å². The van der Waals surface area contributed by atoms with Crippen LogP contribution >= 0.6 is 39.1 Å². The Hall–Kier alpha value is -0.770. The normalized spacial score (nSPS) is 12.3. The Balaban J connectivity index is 2.35. The minimum Gasteiger partial charge on any atom is -0.494 e. The van der Waals surface area contributed by atoms with Crippen molar-refractivity contribution in [2.45, 2.75) is 4.83 Å². The molecule has 1 unspecified atom stereocenters. The molecule has 100 valence electrons. The van der Waals surface area contributed by atoms with E-state index in [0.29, 0.717) is 10.0 Å². The molecule has 0 amide bonds. The quantitative estimate of drug-likeness (QED) is 0.642. The minimum atomic E-state index is -0.399. The van der Waals surface area contributed by atoms with E-state index < -0.39 is 5.82 Å². The number of hydrogen-bond donors (Lipinski definition) is 0. The molecule has 0 spiro atoms. The van der Waals surface area contributed by atoms with Gasteiger partial charge in [-0.3, -0.25) is 0 Å². The second-order valence-corrected chi connectivity index (χ2v) is 5.66. The first-order valence-electron chi connectivity index (χ1n) is 5.45. The summed E-state index contributed by atoms with van der Waals surface area (Å²) >= 11 is 15.4. The molecule has 19 heavy (non-hydrogen) atoms. The van der Waals surface area contributed by atoms with Crippen molar-refractivity contribution in [2.75, 3.05) is 7.11 Å². The lowest BCUT2D eigenvalue weighted by atomic mass is 10.0. The third-order valence-electron chi connectivity index (χ3n) is 2.70. The number of halogens is 4. The van der Waals surface area contributed by atoms with Crippen LogP contribution in [0.25, 0.3) is 0 Å². The van der Waals surface area contributed by atoms with Gasteiger partial charge in [0.1, 0.15) is 0 Å². The van der Waals surface area contributed by atoms with E-state index in [0.717, 1.165) is 11.1 Å². The summed E-state index contributed by atoms with van der Waals surface area (Å²) in [6, 6.07) is 10.1. The van der Waals surface area contributed by atoms with Gasteiger partial charge in [0, 0.05) is 0 Å². The Kier molecular flexibility index (Phi) is 4.71. The zero-order chi connectivity index (χ0) is 14.0. The highest BCUT2D eigenvalue weighted by Crippen LogP contribution is 2.35. The summed E-state index contributed by atoms with van der Waals surface area (Å²) in [5, 5.41) is 0.962. The fourth-order valence-electron chi connectivity index (χ4n) is 1.70. The van der Waals surface area contributed by atoms with Crippen molar-refractivity contribution < 1.29 is 9.13 Å². The molecular formula is C14H10BrCl2FO. The van der Waals surface area contributed by atoms with Crippen molar-refractivity contribution in [1.82, 2.24) is 0 Å². The number of hydrogen-bond acceptors (Lipinski definition) is 1. The Morgan fingerprint density at radius 1 is 1.05 bits per heavy atom. The van der Waals surface area contributed by atoms with Crippen LogP contribution in [-0.2, 0) is 0 Å². The number of alkyl halides is 1. The Morgan fingerprint density at radius 3 is 2.26 bits per heavy atom. The van der Waals surface area contributed by atoms with Crippen LogP contribution in [0.5, 0.6) is 5.75 Å². The van der Waals surface area contributed by atoms with E-state index in [2.05, 4.69) is 15.9 Å². The molecule has 1 atom stereocenters. The average Bonchev–Trinajstić information content (AvgIpc) is 2.41. The summed E-state index contributed by atoms with van der Waals surface area (Å²) in [4.78, 5) is -0.164. The molecule has 2 rings (SSSR count). The van der Waals surface area contributed by atoms with Crippen molar-refractivity contribution >= 4 is 39.1 Å². The summed E-state index contributed by atoms with van der Waals surface area (Å²) in [5.41, 5.74) is 1.68. The molecule has 0 aliphatic carbocycles. The van der Waals surface area contributed by atoms with Gasteiger partial charge in [-0.15, -0.1) is 0 Å². The van der Waals surface area contributed by atoms with Crippen LogP contribution in [0.2, 0.25) is 10.0 Å². The van der Waals surface area contributed by atoms with Gasteiger partial charge in [-0.25, -0.2) is 4.39 Å². The van der Waals surface area contributed by atoms with E-state index in [1.165, 1.54) is 13.2 Å². The highest BCUT2D eigenvalue weighted by atomic mass is 79.9. The van der Waals surface area contributed by atoms with E-state index in [1.54, 1.807) is 24.3 Å². The lowest BCUT2D eigenvalue weighted by Gasteiger charge is -2.13. The molecule has 0 bridgehead atoms. The molecule has 0 aliphatic heterocycles. The highest BCUT2D eigenvalue weighted by Gasteiger charge is 2.14. The monoisotopic (exact) mass is 362 g/mol. The molecule has 2 aromatic rings. The smallest absolute Gasteiger partial charge is 0.165 e. The van der Waals surface area contributed by atoms with Gasteiger partial charge >= 0.3 is 0 Å². The van der Waals surface area contributed by atoms with Crippen LogP contribution in [0.1, 0.15) is 16.0 Å². The number of rotatable bonds is 3. The third-order valence-corrected chi connectivity index (χ3v) is 4.50. The van der Waals surface area contributed by atoms with Gasteiger partial charge in [-0.1, -0.05) is 51.3 Å². The molecule has 1 nitrogen and oxygen atoms in total. The van der Waals surface area contributed by atoms with Gasteiger partial charge in [-0.2, -0.15) is 0 Å². The van der Waals surface area contributed by atoms with Gasteiger partial charge < -0.3 is 4.74 Å². The van der Waals surface area contributed by atoms with E-state index >= 15 is 0 Å². The maximum atomic E-state index is 13.7. The molecule has 0 saturated heterocycles. The van der Waals surface area contributed by atoms with Crippen LogP contribution in [0.3, 0.4) is 0 Å². The zero-order valence-corrected chi connectivity index (χ0v) is 13.1. The van der Waals surface area contributed by atoms with Gasteiger partial charge in [0.25, 0.3) is 0 Å². The summed E-state index contributed by atoms with van der Waals surface area (Å²) in [6.45, 7) is 0. The zero-order valence-electron chi connectivity index (χ0n) is 9.96. The SMILES string of the molecule is COc1ccc(C(Br)c2ccc(Cl)c(Cl)c2)cc1F. The van der Waals surface area contributed by atoms with Crippen molar-refractivity contribution in [3.63, 3.8) is 0 Å². The molecule has 5 heteroatoms.